The fraction of sp³-hybridized carbons (Fsp3) is 0.500. The van der Waals surface area contributed by atoms with E-state index in [4.69, 9.17) is 4.74 Å². The summed E-state index contributed by atoms with van der Waals surface area (Å²) in [6.07, 6.45) is 1.98. The Morgan fingerprint density at radius 1 is 1.33 bits per heavy atom. The Morgan fingerprint density at radius 2 is 2.13 bits per heavy atom. The van der Waals surface area contributed by atoms with E-state index < -0.39 is 0 Å². The number of hydrogen-bond acceptors (Lipinski definition) is 2. The molecule has 1 aromatic rings. The molecule has 0 heterocycles. The summed E-state index contributed by atoms with van der Waals surface area (Å²) in [4.78, 5) is 0. The highest BCUT2D eigenvalue weighted by Gasteiger charge is 2.02. The molecular weight excluding hydrogens is 193 g/mol. The average Bonchev–Trinajstić information content (AvgIpc) is 2.23. The summed E-state index contributed by atoms with van der Waals surface area (Å²) in [6, 6.07) is 4.91. The first-order valence-corrected chi connectivity index (χ1v) is 5.27. The lowest BCUT2D eigenvalue weighted by Gasteiger charge is -2.07. The van der Waals surface area contributed by atoms with E-state index in [-0.39, 0.29) is 5.82 Å². The third kappa shape index (κ3) is 4.30. The van der Waals surface area contributed by atoms with Crippen LogP contribution < -0.4 is 10.1 Å². The van der Waals surface area contributed by atoms with Gasteiger partial charge >= 0.3 is 0 Å². The van der Waals surface area contributed by atoms with Crippen molar-refractivity contribution in [2.24, 2.45) is 0 Å². The fourth-order valence-electron chi connectivity index (χ4n) is 1.31. The van der Waals surface area contributed by atoms with E-state index in [0.717, 1.165) is 24.9 Å². The lowest BCUT2D eigenvalue weighted by atomic mass is 10.2. The van der Waals surface area contributed by atoms with Gasteiger partial charge in [0.2, 0.25) is 0 Å². The van der Waals surface area contributed by atoms with Crippen LogP contribution in [0.2, 0.25) is 0 Å². The number of rotatable bonds is 6. The fourth-order valence-corrected chi connectivity index (χ4v) is 1.31. The molecule has 0 bridgehead atoms. The van der Waals surface area contributed by atoms with Crippen molar-refractivity contribution in [1.82, 2.24) is 5.32 Å². The van der Waals surface area contributed by atoms with Gasteiger partial charge < -0.3 is 10.1 Å². The zero-order valence-corrected chi connectivity index (χ0v) is 9.35. The second-order valence-corrected chi connectivity index (χ2v) is 3.59. The molecule has 0 aliphatic heterocycles. The molecule has 0 unspecified atom stereocenters. The van der Waals surface area contributed by atoms with Gasteiger partial charge in [-0.1, -0.05) is 6.07 Å². The molecular formula is C12H18FNO. The van der Waals surface area contributed by atoms with Gasteiger partial charge in [-0.15, -0.1) is 0 Å². The van der Waals surface area contributed by atoms with Crippen LogP contribution >= 0.6 is 0 Å². The molecule has 84 valence electrons. The number of hydrogen-bond donors (Lipinski definition) is 1. The maximum atomic E-state index is 13.2. The van der Waals surface area contributed by atoms with Gasteiger partial charge in [0.25, 0.3) is 0 Å². The van der Waals surface area contributed by atoms with Crippen molar-refractivity contribution in [3.8, 4) is 5.75 Å². The number of nitrogens with one attached hydrogen (secondary N) is 1. The van der Waals surface area contributed by atoms with Crippen molar-refractivity contribution in [3.05, 3.63) is 29.6 Å². The Kier molecular flexibility index (Phi) is 5.12. The predicted molar refractivity (Wildman–Crippen MR) is 59.8 cm³/mol. The molecule has 0 amide bonds. The first kappa shape index (κ1) is 12.0. The van der Waals surface area contributed by atoms with Crippen molar-refractivity contribution in [1.29, 1.82) is 0 Å². The summed E-state index contributed by atoms with van der Waals surface area (Å²) in [6.45, 7) is 3.47. The van der Waals surface area contributed by atoms with Crippen LogP contribution in [0.25, 0.3) is 0 Å². The molecule has 0 aromatic heterocycles. The highest BCUT2D eigenvalue weighted by Crippen LogP contribution is 2.18. The van der Waals surface area contributed by atoms with Crippen LogP contribution in [0.1, 0.15) is 18.4 Å². The molecule has 0 spiro atoms. The van der Waals surface area contributed by atoms with Crippen LogP contribution in [0, 0.1) is 12.7 Å². The number of benzene rings is 1. The lowest BCUT2D eigenvalue weighted by molar-refractivity contribution is 0.291. The summed E-state index contributed by atoms with van der Waals surface area (Å²) in [5.74, 6) is 0.0775. The van der Waals surface area contributed by atoms with Crippen molar-refractivity contribution in [2.45, 2.75) is 19.8 Å². The normalized spacial score (nSPS) is 10.3. The van der Waals surface area contributed by atoms with E-state index in [9.17, 15) is 4.39 Å². The van der Waals surface area contributed by atoms with Gasteiger partial charge in [-0.25, -0.2) is 4.39 Å². The second kappa shape index (κ2) is 6.40. The monoisotopic (exact) mass is 211 g/mol. The lowest BCUT2D eigenvalue weighted by Crippen LogP contribution is -2.09. The Morgan fingerprint density at radius 3 is 2.87 bits per heavy atom. The number of halogens is 1. The topological polar surface area (TPSA) is 21.3 Å². The minimum Gasteiger partial charge on any atom is -0.491 e. The molecule has 1 N–H and O–H groups in total. The third-order valence-electron chi connectivity index (χ3n) is 2.17. The van der Waals surface area contributed by atoms with E-state index in [1.54, 1.807) is 12.1 Å². The summed E-state index contributed by atoms with van der Waals surface area (Å²) in [5, 5.41) is 3.06. The maximum Gasteiger partial charge on any atom is 0.165 e. The molecule has 2 nitrogen and oxygen atoms in total. The maximum absolute atomic E-state index is 13.2. The molecule has 1 aromatic carbocycles. The zero-order valence-electron chi connectivity index (χ0n) is 9.35. The summed E-state index contributed by atoms with van der Waals surface area (Å²) in [5.41, 5.74) is 1.02. The van der Waals surface area contributed by atoms with Crippen LogP contribution in [0.5, 0.6) is 5.75 Å². The van der Waals surface area contributed by atoms with Gasteiger partial charge in [0, 0.05) is 0 Å². The summed E-state index contributed by atoms with van der Waals surface area (Å²) >= 11 is 0. The van der Waals surface area contributed by atoms with E-state index in [1.165, 1.54) is 6.07 Å². The summed E-state index contributed by atoms with van der Waals surface area (Å²) in [7, 11) is 1.92. The van der Waals surface area contributed by atoms with Crippen molar-refractivity contribution in [2.75, 3.05) is 20.2 Å². The molecule has 3 heteroatoms. The molecule has 0 radical (unpaired) electrons. The minimum absolute atomic E-state index is 0.283. The van der Waals surface area contributed by atoms with Crippen LogP contribution in [-0.2, 0) is 0 Å². The van der Waals surface area contributed by atoms with Crippen molar-refractivity contribution < 1.29 is 9.13 Å². The third-order valence-corrected chi connectivity index (χ3v) is 2.17. The van der Waals surface area contributed by atoms with Crippen LogP contribution in [0.4, 0.5) is 4.39 Å². The molecule has 0 atom stereocenters. The Hall–Kier alpha value is -1.09. The van der Waals surface area contributed by atoms with E-state index in [1.807, 2.05) is 14.0 Å². The largest absolute Gasteiger partial charge is 0.491 e. The van der Waals surface area contributed by atoms with Crippen molar-refractivity contribution in [3.63, 3.8) is 0 Å². The summed E-state index contributed by atoms with van der Waals surface area (Å²) < 4.78 is 18.6. The van der Waals surface area contributed by atoms with E-state index in [2.05, 4.69) is 5.32 Å². The predicted octanol–water partition coefficient (Wildman–Crippen LogP) is 2.51. The highest BCUT2D eigenvalue weighted by atomic mass is 19.1. The molecule has 0 saturated carbocycles. The second-order valence-electron chi connectivity index (χ2n) is 3.59. The average molecular weight is 211 g/mol. The van der Waals surface area contributed by atoms with E-state index >= 15 is 0 Å². The van der Waals surface area contributed by atoms with E-state index in [0.29, 0.717) is 12.4 Å². The molecule has 0 aliphatic rings. The molecule has 0 aliphatic carbocycles. The smallest absolute Gasteiger partial charge is 0.165 e. The van der Waals surface area contributed by atoms with Crippen LogP contribution in [-0.4, -0.2) is 20.2 Å². The molecule has 0 saturated heterocycles. The first-order chi connectivity index (χ1) is 7.24. The molecule has 1 rings (SSSR count). The SMILES string of the molecule is CNCCCCOc1cc(C)ccc1F. The van der Waals surface area contributed by atoms with Gasteiger partial charge in [0.1, 0.15) is 0 Å². The van der Waals surface area contributed by atoms with Crippen LogP contribution in [0.15, 0.2) is 18.2 Å². The number of aryl methyl sites for hydroxylation is 1. The van der Waals surface area contributed by atoms with Gasteiger partial charge in [-0.3, -0.25) is 0 Å². The Labute approximate surface area is 90.4 Å². The van der Waals surface area contributed by atoms with Crippen LogP contribution in [0.3, 0.4) is 0 Å². The standard InChI is InChI=1S/C12H18FNO/c1-10-5-6-11(13)12(9-10)15-8-4-3-7-14-2/h5-6,9,14H,3-4,7-8H2,1-2H3. The molecule has 0 fully saturated rings. The van der Waals surface area contributed by atoms with Gasteiger partial charge in [0.15, 0.2) is 11.6 Å². The first-order valence-electron chi connectivity index (χ1n) is 5.27. The van der Waals surface area contributed by atoms with Gasteiger partial charge in [-0.2, -0.15) is 0 Å². The number of unbranched alkanes of at least 4 members (excludes halogenated alkanes) is 1. The highest BCUT2D eigenvalue weighted by molar-refractivity contribution is 5.29. The Balaban J connectivity index is 2.33. The quantitative estimate of drug-likeness (QED) is 0.730. The Bertz CT molecular complexity index is 302. The van der Waals surface area contributed by atoms with Gasteiger partial charge in [0.05, 0.1) is 6.61 Å². The van der Waals surface area contributed by atoms with Crippen molar-refractivity contribution >= 4 is 0 Å². The molecule has 15 heavy (non-hydrogen) atoms. The van der Waals surface area contributed by atoms with Gasteiger partial charge in [-0.05, 0) is 51.1 Å². The minimum atomic E-state index is -0.283. The number of ether oxygens (including phenoxy) is 1. The zero-order chi connectivity index (χ0) is 11.1.